The van der Waals surface area contributed by atoms with Crippen molar-refractivity contribution in [2.45, 2.75) is 0 Å². The van der Waals surface area contributed by atoms with Crippen LogP contribution < -0.4 is 0 Å². The molecule has 0 saturated heterocycles. The molecule has 0 radical (unpaired) electrons. The Morgan fingerprint density at radius 1 is 0.750 bits per heavy atom. The molecule has 2 heterocycles. The van der Waals surface area contributed by atoms with Crippen LogP contribution in [-0.2, 0) is 0 Å². The Bertz CT molecular complexity index is 622. The van der Waals surface area contributed by atoms with Crippen molar-refractivity contribution < 1.29 is 0 Å². The summed E-state index contributed by atoms with van der Waals surface area (Å²) in [6.45, 7) is 0. The van der Waals surface area contributed by atoms with Crippen LogP contribution in [0.15, 0.2) is 48.9 Å². The summed E-state index contributed by atoms with van der Waals surface area (Å²) in [6.07, 6.45) is 5.15. The monoisotopic (exact) mass is 208 g/mol. The highest BCUT2D eigenvalue weighted by atomic mass is 15.0. The fourth-order valence-corrected chi connectivity index (χ4v) is 1.49. The van der Waals surface area contributed by atoms with Crippen molar-refractivity contribution in [3.8, 4) is 11.6 Å². The van der Waals surface area contributed by atoms with Gasteiger partial charge < -0.3 is 0 Å². The number of rotatable bonds is 1. The second-order valence-corrected chi connectivity index (χ2v) is 3.32. The van der Waals surface area contributed by atoms with Gasteiger partial charge in [-0.25, -0.2) is 19.9 Å². The van der Waals surface area contributed by atoms with Crippen LogP contribution >= 0.6 is 0 Å². The van der Waals surface area contributed by atoms with E-state index in [0.29, 0.717) is 11.6 Å². The summed E-state index contributed by atoms with van der Waals surface area (Å²) in [6, 6.07) is 9.61. The number of hydrogen-bond acceptors (Lipinski definition) is 4. The summed E-state index contributed by atoms with van der Waals surface area (Å²) in [5.74, 6) is 1.10. The summed E-state index contributed by atoms with van der Waals surface area (Å²) < 4.78 is 0. The van der Waals surface area contributed by atoms with Crippen LogP contribution in [0.5, 0.6) is 0 Å². The molecule has 0 aliphatic heterocycles. The molecule has 0 N–H and O–H groups in total. The summed E-state index contributed by atoms with van der Waals surface area (Å²) >= 11 is 0. The maximum atomic E-state index is 4.41. The Morgan fingerprint density at radius 2 is 1.56 bits per heavy atom. The highest BCUT2D eigenvalue weighted by molar-refractivity contribution is 5.78. The lowest BCUT2D eigenvalue weighted by molar-refractivity contribution is 1.10. The molecule has 4 nitrogen and oxygen atoms in total. The van der Waals surface area contributed by atoms with E-state index in [4.69, 9.17) is 0 Å². The van der Waals surface area contributed by atoms with Crippen molar-refractivity contribution in [2.75, 3.05) is 0 Å². The second-order valence-electron chi connectivity index (χ2n) is 3.32. The van der Waals surface area contributed by atoms with E-state index >= 15 is 0 Å². The topological polar surface area (TPSA) is 51.6 Å². The average molecular weight is 208 g/mol. The average Bonchev–Trinajstić information content (AvgIpc) is 2.39. The van der Waals surface area contributed by atoms with Crippen molar-refractivity contribution in [2.24, 2.45) is 0 Å². The van der Waals surface area contributed by atoms with Crippen LogP contribution in [0.1, 0.15) is 0 Å². The first-order valence-corrected chi connectivity index (χ1v) is 4.93. The molecule has 2 aromatic heterocycles. The van der Waals surface area contributed by atoms with Gasteiger partial charge >= 0.3 is 0 Å². The molecule has 0 saturated carbocycles. The molecule has 0 aliphatic rings. The van der Waals surface area contributed by atoms with Gasteiger partial charge in [0.25, 0.3) is 0 Å². The molecule has 76 valence electrons. The van der Waals surface area contributed by atoms with Crippen LogP contribution in [0.2, 0.25) is 0 Å². The Morgan fingerprint density at radius 3 is 2.44 bits per heavy atom. The number of fused-ring (bicyclic) bond motifs is 1. The maximum absolute atomic E-state index is 4.41. The Kier molecular flexibility index (Phi) is 2.04. The molecule has 0 spiro atoms. The molecular formula is C12H8N4. The Labute approximate surface area is 92.0 Å². The van der Waals surface area contributed by atoms with Crippen LogP contribution in [0.3, 0.4) is 0 Å². The predicted octanol–water partition coefficient (Wildman–Crippen LogP) is 2.09. The largest absolute Gasteiger partial charge is 0.234 e. The quantitative estimate of drug-likeness (QED) is 0.614. The molecule has 0 amide bonds. The fourth-order valence-electron chi connectivity index (χ4n) is 1.49. The van der Waals surface area contributed by atoms with Gasteiger partial charge in [-0.05, 0) is 12.1 Å². The van der Waals surface area contributed by atoms with Crippen LogP contribution in [0.25, 0.3) is 22.6 Å². The van der Waals surface area contributed by atoms with Crippen molar-refractivity contribution in [1.82, 2.24) is 19.9 Å². The summed E-state index contributed by atoms with van der Waals surface area (Å²) in [4.78, 5) is 16.9. The zero-order valence-electron chi connectivity index (χ0n) is 8.41. The SMILES string of the molecule is c1cnc(-c2ncc3ccccc3n2)nc1. The molecule has 16 heavy (non-hydrogen) atoms. The number of nitrogens with zero attached hydrogens (tertiary/aromatic N) is 4. The Hall–Kier alpha value is -2.36. The summed E-state index contributed by atoms with van der Waals surface area (Å²) in [7, 11) is 0. The smallest absolute Gasteiger partial charge is 0.198 e. The highest BCUT2D eigenvalue weighted by Crippen LogP contribution is 2.14. The molecule has 0 aliphatic carbocycles. The third-order valence-electron chi connectivity index (χ3n) is 2.25. The van der Waals surface area contributed by atoms with E-state index in [2.05, 4.69) is 19.9 Å². The molecule has 4 heteroatoms. The minimum absolute atomic E-state index is 0.549. The molecule has 3 rings (SSSR count). The minimum Gasteiger partial charge on any atom is -0.234 e. The Balaban J connectivity index is 2.19. The third kappa shape index (κ3) is 1.50. The second kappa shape index (κ2) is 3.66. The highest BCUT2D eigenvalue weighted by Gasteiger charge is 2.04. The number of aromatic nitrogens is 4. The summed E-state index contributed by atoms with van der Waals surface area (Å²) in [5, 5.41) is 1.02. The first-order valence-electron chi connectivity index (χ1n) is 4.93. The molecule has 0 fully saturated rings. The molecule has 0 unspecified atom stereocenters. The van der Waals surface area contributed by atoms with E-state index in [1.807, 2.05) is 24.3 Å². The maximum Gasteiger partial charge on any atom is 0.198 e. The van der Waals surface area contributed by atoms with Gasteiger partial charge in [0.2, 0.25) is 0 Å². The number of hydrogen-bond donors (Lipinski definition) is 0. The molecule has 0 atom stereocenters. The van der Waals surface area contributed by atoms with E-state index in [1.54, 1.807) is 24.7 Å². The van der Waals surface area contributed by atoms with E-state index < -0.39 is 0 Å². The van der Waals surface area contributed by atoms with Gasteiger partial charge in [-0.1, -0.05) is 18.2 Å². The van der Waals surface area contributed by atoms with Gasteiger partial charge in [-0.15, -0.1) is 0 Å². The van der Waals surface area contributed by atoms with Gasteiger partial charge in [0.15, 0.2) is 11.6 Å². The summed E-state index contributed by atoms with van der Waals surface area (Å²) in [5.41, 5.74) is 0.903. The van der Waals surface area contributed by atoms with Crippen molar-refractivity contribution >= 4 is 10.9 Å². The minimum atomic E-state index is 0.549. The fraction of sp³-hybridized carbons (Fsp3) is 0. The van der Waals surface area contributed by atoms with Crippen LogP contribution in [-0.4, -0.2) is 19.9 Å². The van der Waals surface area contributed by atoms with E-state index in [-0.39, 0.29) is 0 Å². The van der Waals surface area contributed by atoms with Crippen LogP contribution in [0.4, 0.5) is 0 Å². The first kappa shape index (κ1) is 8.91. The number of benzene rings is 1. The van der Waals surface area contributed by atoms with Gasteiger partial charge in [0, 0.05) is 24.0 Å². The predicted molar refractivity (Wildman–Crippen MR) is 60.6 cm³/mol. The lowest BCUT2D eigenvalue weighted by Crippen LogP contribution is -1.94. The van der Waals surface area contributed by atoms with Crippen molar-refractivity contribution in [3.05, 3.63) is 48.9 Å². The normalized spacial score (nSPS) is 10.5. The molecule has 0 bridgehead atoms. The zero-order chi connectivity index (χ0) is 10.8. The van der Waals surface area contributed by atoms with Gasteiger partial charge in [0.1, 0.15) is 0 Å². The lowest BCUT2D eigenvalue weighted by atomic mass is 10.2. The first-order chi connectivity index (χ1) is 7.93. The molecule has 1 aromatic carbocycles. The van der Waals surface area contributed by atoms with E-state index in [9.17, 15) is 0 Å². The zero-order valence-corrected chi connectivity index (χ0v) is 8.41. The van der Waals surface area contributed by atoms with Crippen LogP contribution in [0, 0.1) is 0 Å². The standard InChI is InChI=1S/C12H8N4/c1-2-5-10-9(4-1)8-15-12(16-10)11-13-6-3-7-14-11/h1-8H. The molecular weight excluding hydrogens is 200 g/mol. The van der Waals surface area contributed by atoms with E-state index in [1.165, 1.54) is 0 Å². The third-order valence-corrected chi connectivity index (χ3v) is 2.25. The van der Waals surface area contributed by atoms with Crippen molar-refractivity contribution in [3.63, 3.8) is 0 Å². The van der Waals surface area contributed by atoms with Crippen molar-refractivity contribution in [1.29, 1.82) is 0 Å². The van der Waals surface area contributed by atoms with E-state index in [0.717, 1.165) is 10.9 Å². The number of para-hydroxylation sites is 1. The molecule has 3 aromatic rings. The lowest BCUT2D eigenvalue weighted by Gasteiger charge is -1.99. The van der Waals surface area contributed by atoms with Gasteiger partial charge in [-0.2, -0.15) is 0 Å². The van der Waals surface area contributed by atoms with Gasteiger partial charge in [0.05, 0.1) is 5.52 Å². The van der Waals surface area contributed by atoms with Gasteiger partial charge in [-0.3, -0.25) is 0 Å².